The number of hydrogen-bond donors (Lipinski definition) is 2. The van der Waals surface area contributed by atoms with Crippen LogP contribution in [0.4, 0.5) is 0 Å². The molecule has 0 aliphatic carbocycles. The average Bonchev–Trinajstić information content (AvgIpc) is 2.18. The summed E-state index contributed by atoms with van der Waals surface area (Å²) in [7, 11) is 0. The van der Waals surface area contributed by atoms with Crippen molar-refractivity contribution in [3.05, 3.63) is 0 Å². The number of rotatable bonds is 4. The lowest BCUT2D eigenvalue weighted by Crippen LogP contribution is -2.46. The SMILES string of the molecule is CCC(C)CC1CCNC(C(N)=O)C1. The number of nitrogens with one attached hydrogen (secondary N) is 1. The normalized spacial score (nSPS) is 29.9. The van der Waals surface area contributed by atoms with Crippen molar-refractivity contribution < 1.29 is 4.79 Å². The number of carbonyl (C=O) groups excluding carboxylic acids is 1. The minimum absolute atomic E-state index is 0.0854. The molecule has 1 aliphatic heterocycles. The summed E-state index contributed by atoms with van der Waals surface area (Å²) in [5.41, 5.74) is 5.29. The van der Waals surface area contributed by atoms with E-state index in [9.17, 15) is 4.79 Å². The van der Waals surface area contributed by atoms with Gasteiger partial charge in [0.1, 0.15) is 0 Å². The predicted octanol–water partition coefficient (Wildman–Crippen LogP) is 1.28. The zero-order valence-electron chi connectivity index (χ0n) is 9.25. The summed E-state index contributed by atoms with van der Waals surface area (Å²) in [6.07, 6.45) is 4.58. The maximum absolute atomic E-state index is 11.0. The van der Waals surface area contributed by atoms with Crippen LogP contribution in [0.1, 0.15) is 39.5 Å². The molecule has 1 fully saturated rings. The second-order valence-electron chi connectivity index (χ2n) is 4.55. The Hall–Kier alpha value is -0.570. The molecule has 3 N–H and O–H groups in total. The van der Waals surface area contributed by atoms with Gasteiger partial charge >= 0.3 is 0 Å². The number of piperidine rings is 1. The molecule has 82 valence electrons. The highest BCUT2D eigenvalue weighted by molar-refractivity contribution is 5.79. The van der Waals surface area contributed by atoms with Crippen LogP contribution in [0.2, 0.25) is 0 Å². The van der Waals surface area contributed by atoms with Gasteiger partial charge in [-0.05, 0) is 37.6 Å². The second-order valence-corrected chi connectivity index (χ2v) is 4.55. The summed E-state index contributed by atoms with van der Waals surface area (Å²) in [6.45, 7) is 5.44. The standard InChI is InChI=1S/C11H22N2O/c1-3-8(2)6-9-4-5-13-10(7-9)11(12)14/h8-10,13H,3-7H2,1-2H3,(H2,12,14). The van der Waals surface area contributed by atoms with Crippen LogP contribution in [-0.2, 0) is 4.79 Å². The first-order chi connectivity index (χ1) is 6.63. The molecule has 3 unspecified atom stereocenters. The van der Waals surface area contributed by atoms with Crippen molar-refractivity contribution in [1.82, 2.24) is 5.32 Å². The summed E-state index contributed by atoms with van der Waals surface area (Å²) >= 11 is 0. The molecule has 14 heavy (non-hydrogen) atoms. The van der Waals surface area contributed by atoms with Crippen LogP contribution in [0.5, 0.6) is 0 Å². The van der Waals surface area contributed by atoms with Crippen molar-refractivity contribution in [3.8, 4) is 0 Å². The van der Waals surface area contributed by atoms with Gasteiger partial charge in [0.2, 0.25) is 5.91 Å². The Labute approximate surface area is 86.4 Å². The van der Waals surface area contributed by atoms with Crippen molar-refractivity contribution in [3.63, 3.8) is 0 Å². The van der Waals surface area contributed by atoms with Gasteiger partial charge in [-0.1, -0.05) is 20.3 Å². The first kappa shape index (κ1) is 11.5. The minimum atomic E-state index is -0.196. The molecule has 3 atom stereocenters. The Balaban J connectivity index is 2.36. The number of amides is 1. The second kappa shape index (κ2) is 5.35. The lowest BCUT2D eigenvalue weighted by Gasteiger charge is -2.29. The molecule has 0 spiro atoms. The maximum Gasteiger partial charge on any atom is 0.234 e. The predicted molar refractivity (Wildman–Crippen MR) is 57.8 cm³/mol. The van der Waals surface area contributed by atoms with Gasteiger partial charge in [-0.15, -0.1) is 0 Å². The molecule has 1 heterocycles. The van der Waals surface area contributed by atoms with Crippen LogP contribution in [-0.4, -0.2) is 18.5 Å². The Morgan fingerprint density at radius 2 is 2.36 bits per heavy atom. The van der Waals surface area contributed by atoms with Gasteiger partial charge in [-0.25, -0.2) is 0 Å². The van der Waals surface area contributed by atoms with Crippen LogP contribution in [0.3, 0.4) is 0 Å². The van der Waals surface area contributed by atoms with E-state index in [1.165, 1.54) is 19.3 Å². The fraction of sp³-hybridized carbons (Fsp3) is 0.909. The Morgan fingerprint density at radius 1 is 1.64 bits per heavy atom. The highest BCUT2D eigenvalue weighted by Crippen LogP contribution is 2.24. The third-order valence-corrected chi connectivity index (χ3v) is 3.29. The van der Waals surface area contributed by atoms with Gasteiger partial charge in [0.05, 0.1) is 6.04 Å². The quantitative estimate of drug-likeness (QED) is 0.715. The Morgan fingerprint density at radius 3 is 2.93 bits per heavy atom. The first-order valence-electron chi connectivity index (χ1n) is 5.66. The fourth-order valence-corrected chi connectivity index (χ4v) is 2.16. The van der Waals surface area contributed by atoms with E-state index in [2.05, 4.69) is 19.2 Å². The van der Waals surface area contributed by atoms with Gasteiger partial charge in [-0.3, -0.25) is 4.79 Å². The van der Waals surface area contributed by atoms with Crippen molar-refractivity contribution in [2.45, 2.75) is 45.6 Å². The van der Waals surface area contributed by atoms with Crippen LogP contribution in [0, 0.1) is 11.8 Å². The molecule has 1 aliphatic rings. The van der Waals surface area contributed by atoms with E-state index in [0.717, 1.165) is 18.9 Å². The van der Waals surface area contributed by atoms with Gasteiger partial charge in [0, 0.05) is 0 Å². The zero-order chi connectivity index (χ0) is 10.6. The maximum atomic E-state index is 11.0. The molecule has 0 aromatic carbocycles. The number of nitrogens with two attached hydrogens (primary N) is 1. The summed E-state index contributed by atoms with van der Waals surface area (Å²) in [5, 5.41) is 3.17. The average molecular weight is 198 g/mol. The topological polar surface area (TPSA) is 55.1 Å². The third kappa shape index (κ3) is 3.29. The van der Waals surface area contributed by atoms with Crippen molar-refractivity contribution in [1.29, 1.82) is 0 Å². The van der Waals surface area contributed by atoms with E-state index in [-0.39, 0.29) is 11.9 Å². The molecule has 0 aromatic heterocycles. The fourth-order valence-electron chi connectivity index (χ4n) is 2.16. The van der Waals surface area contributed by atoms with Gasteiger partial charge in [0.25, 0.3) is 0 Å². The van der Waals surface area contributed by atoms with Crippen LogP contribution in [0.15, 0.2) is 0 Å². The van der Waals surface area contributed by atoms with E-state index >= 15 is 0 Å². The monoisotopic (exact) mass is 198 g/mol. The Kier molecular flexibility index (Phi) is 4.39. The molecule has 0 aromatic rings. The van der Waals surface area contributed by atoms with Crippen molar-refractivity contribution in [2.75, 3.05) is 6.54 Å². The molecule has 1 amide bonds. The molecule has 0 saturated carbocycles. The summed E-state index contributed by atoms with van der Waals surface area (Å²) in [5.74, 6) is 1.26. The summed E-state index contributed by atoms with van der Waals surface area (Å²) in [6, 6.07) is -0.0854. The summed E-state index contributed by atoms with van der Waals surface area (Å²) in [4.78, 5) is 11.0. The highest BCUT2D eigenvalue weighted by atomic mass is 16.1. The number of primary amides is 1. The molecule has 1 rings (SSSR count). The zero-order valence-corrected chi connectivity index (χ0v) is 9.25. The minimum Gasteiger partial charge on any atom is -0.368 e. The lowest BCUT2D eigenvalue weighted by atomic mass is 9.84. The lowest BCUT2D eigenvalue weighted by molar-refractivity contribution is -0.120. The molecular formula is C11H22N2O. The smallest absolute Gasteiger partial charge is 0.234 e. The molecular weight excluding hydrogens is 176 g/mol. The van der Waals surface area contributed by atoms with Crippen LogP contribution in [0.25, 0.3) is 0 Å². The molecule has 0 bridgehead atoms. The van der Waals surface area contributed by atoms with E-state index in [0.29, 0.717) is 5.92 Å². The molecule has 1 saturated heterocycles. The van der Waals surface area contributed by atoms with Gasteiger partial charge in [-0.2, -0.15) is 0 Å². The highest BCUT2D eigenvalue weighted by Gasteiger charge is 2.25. The van der Waals surface area contributed by atoms with Crippen molar-refractivity contribution >= 4 is 5.91 Å². The van der Waals surface area contributed by atoms with E-state index in [4.69, 9.17) is 5.73 Å². The third-order valence-electron chi connectivity index (χ3n) is 3.29. The first-order valence-corrected chi connectivity index (χ1v) is 5.66. The number of carbonyl (C=O) groups is 1. The van der Waals surface area contributed by atoms with Crippen LogP contribution < -0.4 is 11.1 Å². The van der Waals surface area contributed by atoms with Gasteiger partial charge < -0.3 is 11.1 Å². The Bertz CT molecular complexity index is 194. The largest absolute Gasteiger partial charge is 0.368 e. The van der Waals surface area contributed by atoms with Gasteiger partial charge in [0.15, 0.2) is 0 Å². The van der Waals surface area contributed by atoms with E-state index in [1.54, 1.807) is 0 Å². The van der Waals surface area contributed by atoms with E-state index < -0.39 is 0 Å². The molecule has 0 radical (unpaired) electrons. The summed E-state index contributed by atoms with van der Waals surface area (Å²) < 4.78 is 0. The van der Waals surface area contributed by atoms with E-state index in [1.807, 2.05) is 0 Å². The molecule has 3 nitrogen and oxygen atoms in total. The van der Waals surface area contributed by atoms with Crippen molar-refractivity contribution in [2.24, 2.45) is 17.6 Å². The molecule has 3 heteroatoms. The number of hydrogen-bond acceptors (Lipinski definition) is 2. The van der Waals surface area contributed by atoms with Crippen LogP contribution >= 0.6 is 0 Å².